The maximum Gasteiger partial charge on any atom is 0.328 e. The maximum atomic E-state index is 13.8. The van der Waals surface area contributed by atoms with Crippen LogP contribution in [-0.4, -0.2) is 14.5 Å². The molecule has 0 unspecified atom stereocenters. The molecule has 3 aromatic heterocycles. The predicted molar refractivity (Wildman–Crippen MR) is 115 cm³/mol. The number of alkyl halides is 1. The Kier molecular flexibility index (Phi) is 5.74. The van der Waals surface area contributed by atoms with Gasteiger partial charge in [-0.2, -0.15) is 0 Å². The standard InChI is InChI=1S/C20H16FN3O4.2CH4/c1-11-17(24(2)20(26)23-18(11)25)14-4-3-13(9-12(14)10-21)28-19-15-6-8-27-16(15)5-7-22-19;;/h3-9H,10H2,1-2H3,(H,23,25,26);2*1H4/i;2*1T. The fourth-order valence-electron chi connectivity index (χ4n) is 3.16. The molecule has 158 valence electrons. The second-order valence-corrected chi connectivity index (χ2v) is 6.30. The van der Waals surface area contributed by atoms with Crippen LogP contribution in [0.2, 0.25) is 0 Å². The summed E-state index contributed by atoms with van der Waals surface area (Å²) >= 11 is 0. The molecule has 4 rings (SSSR count). The highest BCUT2D eigenvalue weighted by molar-refractivity contribution is 5.82. The highest BCUT2D eigenvalue weighted by atomic mass is 19.1. The molecule has 0 aliphatic carbocycles. The van der Waals surface area contributed by atoms with E-state index in [1.165, 1.54) is 38.7 Å². The number of ether oxygens (including phenoxy) is 1. The number of hydrogen-bond donors (Lipinski definition) is 1. The minimum absolute atomic E-state index is 0.292. The van der Waals surface area contributed by atoms with Crippen molar-refractivity contribution in [2.75, 3.05) is 0 Å². The van der Waals surface area contributed by atoms with Crippen LogP contribution < -0.4 is 16.0 Å². The van der Waals surface area contributed by atoms with Crippen LogP contribution in [0.5, 0.6) is 11.6 Å². The number of fused-ring (bicyclic) bond motifs is 1. The number of hydrogen-bond acceptors (Lipinski definition) is 5. The zero-order chi connectivity index (χ0) is 23.8. The van der Waals surface area contributed by atoms with Crippen LogP contribution in [0.3, 0.4) is 0 Å². The van der Waals surface area contributed by atoms with Crippen molar-refractivity contribution in [1.82, 2.24) is 14.5 Å². The molecule has 1 aromatic carbocycles. The van der Waals surface area contributed by atoms with Gasteiger partial charge in [-0.05, 0) is 42.8 Å². The normalized spacial score (nSPS) is 10.8. The Bertz CT molecular complexity index is 1280. The van der Waals surface area contributed by atoms with Gasteiger partial charge in [0.05, 0.1) is 17.3 Å². The van der Waals surface area contributed by atoms with Crippen molar-refractivity contribution < 1.29 is 16.3 Å². The van der Waals surface area contributed by atoms with E-state index in [1.54, 1.807) is 37.4 Å². The number of nitrogens with zero attached hydrogens (tertiary/aromatic N) is 2. The molecule has 8 heteroatoms. The van der Waals surface area contributed by atoms with Crippen molar-refractivity contribution in [2.24, 2.45) is 7.05 Å². The van der Waals surface area contributed by atoms with Gasteiger partial charge in [0.1, 0.15) is 18.0 Å². The molecule has 0 bridgehead atoms. The molecule has 0 spiro atoms. The molecule has 3 heterocycles. The summed E-state index contributed by atoms with van der Waals surface area (Å²) in [4.78, 5) is 30.4. The lowest BCUT2D eigenvalue weighted by atomic mass is 10.0. The lowest BCUT2D eigenvalue weighted by Gasteiger charge is -2.15. The van der Waals surface area contributed by atoms with E-state index in [-0.39, 0.29) is 0 Å². The lowest BCUT2D eigenvalue weighted by molar-refractivity contribution is 0.460. The van der Waals surface area contributed by atoms with Gasteiger partial charge in [-0.3, -0.25) is 14.3 Å². The highest BCUT2D eigenvalue weighted by Gasteiger charge is 2.16. The number of halogens is 1. The Morgan fingerprint density at radius 2 is 2.03 bits per heavy atom. The number of benzene rings is 1. The first-order chi connectivity index (χ1) is 15.5. The van der Waals surface area contributed by atoms with Crippen molar-refractivity contribution in [2.45, 2.75) is 28.4 Å². The molecule has 0 saturated carbocycles. The molecular weight excluding hydrogens is 389 g/mol. The van der Waals surface area contributed by atoms with E-state index in [0.717, 1.165) is 0 Å². The van der Waals surface area contributed by atoms with E-state index in [0.29, 0.717) is 45.0 Å². The predicted octanol–water partition coefficient (Wildman–Crippen LogP) is 4.72. The minimum atomic E-state index is -0.795. The SMILES string of the molecule is Cc1c(-c2ccc(Oc3nccc4occc34)cc2CF)n(C)c(=O)[nH]c1=O.[3H]C.[3H]C. The van der Waals surface area contributed by atoms with Gasteiger partial charge in [0.15, 0.2) is 0 Å². The van der Waals surface area contributed by atoms with Crippen LogP contribution in [0.25, 0.3) is 22.2 Å². The Morgan fingerprint density at radius 1 is 1.27 bits per heavy atom. The third-order valence-electron chi connectivity index (χ3n) is 4.59. The summed E-state index contributed by atoms with van der Waals surface area (Å²) in [5, 5.41) is 0.696. The molecule has 0 atom stereocenters. The third-order valence-corrected chi connectivity index (χ3v) is 4.59. The van der Waals surface area contributed by atoms with Gasteiger partial charge in [-0.15, -0.1) is 0 Å². The minimum Gasteiger partial charge on any atom is -0.464 e. The summed E-state index contributed by atoms with van der Waals surface area (Å²) < 4.78 is 37.7. The Balaban J connectivity index is 0.000000860. The maximum absolute atomic E-state index is 13.8. The fourth-order valence-corrected chi connectivity index (χ4v) is 3.16. The Morgan fingerprint density at radius 3 is 2.77 bits per heavy atom. The monoisotopic (exact) mass is 417 g/mol. The smallest absolute Gasteiger partial charge is 0.328 e. The summed E-state index contributed by atoms with van der Waals surface area (Å²) in [6.45, 7) is 0.792. The van der Waals surface area contributed by atoms with Crippen LogP contribution in [0.1, 0.15) is 28.7 Å². The van der Waals surface area contributed by atoms with Crippen molar-refractivity contribution in [1.29, 1.82) is 0 Å². The summed E-state index contributed by atoms with van der Waals surface area (Å²) in [5.74, 6) is 0.716. The van der Waals surface area contributed by atoms with E-state index < -0.39 is 17.9 Å². The number of nitrogens with one attached hydrogen (secondary N) is 1. The van der Waals surface area contributed by atoms with Crippen LogP contribution >= 0.6 is 0 Å². The largest absolute Gasteiger partial charge is 0.464 e. The Labute approximate surface area is 175 Å². The summed E-state index contributed by atoms with van der Waals surface area (Å²) in [6, 6.07) is 8.24. The second-order valence-electron chi connectivity index (χ2n) is 6.30. The molecule has 30 heavy (non-hydrogen) atoms. The molecule has 7 nitrogen and oxygen atoms in total. The summed E-state index contributed by atoms with van der Waals surface area (Å²) in [5.41, 5.74) is 0.999. The van der Waals surface area contributed by atoms with Gasteiger partial charge >= 0.3 is 5.69 Å². The van der Waals surface area contributed by atoms with Gasteiger partial charge in [0, 0.05) is 27.1 Å². The third kappa shape index (κ3) is 3.76. The zero-order valence-electron chi connectivity index (χ0n) is 19.2. The number of furan rings is 1. The quantitative estimate of drug-likeness (QED) is 0.519. The molecule has 0 amide bonds. The lowest BCUT2D eigenvalue weighted by Crippen LogP contribution is -2.31. The molecule has 0 saturated heterocycles. The van der Waals surface area contributed by atoms with Gasteiger partial charge in [0.25, 0.3) is 5.56 Å². The molecule has 0 radical (unpaired) electrons. The van der Waals surface area contributed by atoms with Gasteiger partial charge in [-0.25, -0.2) is 14.2 Å². The van der Waals surface area contributed by atoms with Crippen LogP contribution in [0, 0.1) is 6.92 Å². The number of pyridine rings is 1. The first-order valence-electron chi connectivity index (χ1n) is 10.5. The number of aromatic nitrogens is 3. The molecule has 4 aromatic rings. The van der Waals surface area contributed by atoms with Gasteiger partial charge < -0.3 is 9.15 Å². The first kappa shape index (κ1) is 19.6. The van der Waals surface area contributed by atoms with Crippen molar-refractivity contribution in [3.63, 3.8) is 0 Å². The van der Waals surface area contributed by atoms with E-state index in [1.807, 2.05) is 0 Å². The second kappa shape index (κ2) is 8.77. The average molecular weight is 417 g/mol. The topological polar surface area (TPSA) is 90.1 Å². The van der Waals surface area contributed by atoms with Crippen LogP contribution in [0.15, 0.2) is 56.8 Å². The van der Waals surface area contributed by atoms with Crippen molar-refractivity contribution in [3.05, 3.63) is 74.8 Å². The van der Waals surface area contributed by atoms with Crippen molar-refractivity contribution >= 4 is 11.0 Å². The average Bonchev–Trinajstić information content (AvgIpc) is 3.31. The van der Waals surface area contributed by atoms with Crippen LogP contribution in [-0.2, 0) is 13.7 Å². The number of rotatable bonds is 4. The number of H-pyrrole nitrogens is 1. The van der Waals surface area contributed by atoms with Gasteiger partial charge in [-0.1, -0.05) is 14.8 Å². The van der Waals surface area contributed by atoms with E-state index in [2.05, 4.69) is 9.97 Å². The summed E-state index contributed by atoms with van der Waals surface area (Å²) in [6.07, 6.45) is 3.09. The molecule has 0 fully saturated rings. The summed E-state index contributed by atoms with van der Waals surface area (Å²) in [7, 11) is 4.02. The Hall–Kier alpha value is -3.68. The van der Waals surface area contributed by atoms with E-state index in [9.17, 15) is 14.0 Å². The first-order valence-corrected chi connectivity index (χ1v) is 8.49. The molecule has 1 N–H and O–H groups in total. The molecule has 0 aliphatic heterocycles. The highest BCUT2D eigenvalue weighted by Crippen LogP contribution is 2.32. The van der Waals surface area contributed by atoms with E-state index >= 15 is 0 Å². The number of aromatic amines is 1. The zero-order valence-corrected chi connectivity index (χ0v) is 17.2. The molecular formula is C22H24FN3O4. The fraction of sp³-hybridized carbons (Fsp3) is 0.227. The molecule has 0 aliphatic rings. The van der Waals surface area contributed by atoms with E-state index in [4.69, 9.17) is 11.9 Å². The van der Waals surface area contributed by atoms with Crippen LogP contribution in [0.4, 0.5) is 4.39 Å². The van der Waals surface area contributed by atoms with Crippen molar-refractivity contribution in [3.8, 4) is 22.9 Å². The van der Waals surface area contributed by atoms with Gasteiger partial charge in [0.2, 0.25) is 5.88 Å².